The third-order valence-electron chi connectivity index (χ3n) is 4.61. The lowest BCUT2D eigenvalue weighted by Crippen LogP contribution is -2.38. The van der Waals surface area contributed by atoms with Gasteiger partial charge in [-0.3, -0.25) is 4.79 Å². The molecule has 4 rings (SSSR count). The van der Waals surface area contributed by atoms with E-state index in [-0.39, 0.29) is 17.6 Å². The summed E-state index contributed by atoms with van der Waals surface area (Å²) in [6.45, 7) is 1.25. The molecule has 0 bridgehead atoms. The Hall–Kier alpha value is -2.47. The molecule has 0 aliphatic carbocycles. The molecule has 5 nitrogen and oxygen atoms in total. The number of aromatic nitrogens is 2. The van der Waals surface area contributed by atoms with Gasteiger partial charge in [-0.25, -0.2) is 9.37 Å². The number of amides is 1. The van der Waals surface area contributed by atoms with Gasteiger partial charge in [-0.2, -0.15) is 0 Å². The van der Waals surface area contributed by atoms with Crippen LogP contribution in [-0.2, 0) is 0 Å². The second-order valence-corrected chi connectivity index (χ2v) is 6.53. The molecule has 0 spiro atoms. The van der Waals surface area contributed by atoms with E-state index in [2.05, 4.69) is 10.1 Å². The van der Waals surface area contributed by atoms with Crippen molar-refractivity contribution in [2.75, 3.05) is 13.1 Å². The molecular formula is C18H15ClFN3O2. The molecule has 25 heavy (non-hydrogen) atoms. The summed E-state index contributed by atoms with van der Waals surface area (Å²) >= 11 is 5.76. The second-order valence-electron chi connectivity index (χ2n) is 6.14. The maximum Gasteiger partial charge on any atom is 0.255 e. The number of piperidine rings is 1. The highest BCUT2D eigenvalue weighted by molar-refractivity contribution is 6.29. The minimum atomic E-state index is -0.341. The number of likely N-dealkylation sites (tertiary alicyclic amines) is 1. The second kappa shape index (κ2) is 6.44. The van der Waals surface area contributed by atoms with Crippen LogP contribution in [0.1, 0.15) is 34.8 Å². The molecule has 1 fully saturated rings. The summed E-state index contributed by atoms with van der Waals surface area (Å²) in [5, 5.41) is 5.33. The van der Waals surface area contributed by atoms with E-state index in [0.29, 0.717) is 29.4 Å². The first kappa shape index (κ1) is 16.0. The molecule has 7 heteroatoms. The summed E-state index contributed by atoms with van der Waals surface area (Å²) < 4.78 is 18.5. The van der Waals surface area contributed by atoms with Crippen molar-refractivity contribution in [1.82, 2.24) is 15.0 Å². The van der Waals surface area contributed by atoms with Crippen LogP contribution in [0.25, 0.3) is 11.0 Å². The molecule has 0 saturated carbocycles. The standard InChI is InChI=1S/C18H15ClFN3O2/c19-16-4-1-12(10-21-16)18(24)23-7-5-11(6-8-23)17-14-3-2-13(20)9-15(14)25-22-17/h1-4,9-11H,5-8H2. The van der Waals surface area contributed by atoms with Crippen molar-refractivity contribution in [3.05, 3.63) is 58.8 Å². The average Bonchev–Trinajstić information content (AvgIpc) is 3.05. The Morgan fingerprint density at radius 1 is 1.24 bits per heavy atom. The number of carbonyl (C=O) groups is 1. The Labute approximate surface area is 148 Å². The summed E-state index contributed by atoms with van der Waals surface area (Å²) in [6.07, 6.45) is 3.06. The Balaban J connectivity index is 1.47. The molecule has 0 unspecified atom stereocenters. The number of benzene rings is 1. The topological polar surface area (TPSA) is 59.2 Å². The highest BCUT2D eigenvalue weighted by atomic mass is 35.5. The summed E-state index contributed by atoms with van der Waals surface area (Å²) in [5.74, 6) is -0.194. The monoisotopic (exact) mass is 359 g/mol. The van der Waals surface area contributed by atoms with Gasteiger partial charge in [-0.05, 0) is 37.1 Å². The fourth-order valence-corrected chi connectivity index (χ4v) is 3.38. The van der Waals surface area contributed by atoms with E-state index in [1.165, 1.54) is 18.3 Å². The van der Waals surface area contributed by atoms with Crippen LogP contribution in [0.4, 0.5) is 4.39 Å². The van der Waals surface area contributed by atoms with Crippen molar-refractivity contribution >= 4 is 28.5 Å². The van der Waals surface area contributed by atoms with E-state index in [4.69, 9.17) is 16.1 Å². The number of hydrogen-bond acceptors (Lipinski definition) is 4. The summed E-state index contributed by atoms with van der Waals surface area (Å²) in [7, 11) is 0. The Kier molecular flexibility index (Phi) is 4.13. The number of fused-ring (bicyclic) bond motifs is 1. The SMILES string of the molecule is O=C(c1ccc(Cl)nc1)N1CCC(c2noc3cc(F)ccc23)CC1. The highest BCUT2D eigenvalue weighted by Crippen LogP contribution is 2.33. The van der Waals surface area contributed by atoms with Crippen molar-refractivity contribution in [2.24, 2.45) is 0 Å². The Morgan fingerprint density at radius 3 is 2.76 bits per heavy atom. The number of rotatable bonds is 2. The van der Waals surface area contributed by atoms with Gasteiger partial charge in [0.2, 0.25) is 0 Å². The zero-order valence-corrected chi connectivity index (χ0v) is 14.0. The van der Waals surface area contributed by atoms with Crippen LogP contribution in [0.2, 0.25) is 5.15 Å². The first-order valence-electron chi connectivity index (χ1n) is 8.07. The van der Waals surface area contributed by atoms with Crippen molar-refractivity contribution in [1.29, 1.82) is 0 Å². The molecule has 0 atom stereocenters. The van der Waals surface area contributed by atoms with Gasteiger partial charge in [0.15, 0.2) is 5.58 Å². The first-order chi connectivity index (χ1) is 12.1. The number of pyridine rings is 1. The largest absolute Gasteiger partial charge is 0.356 e. The van der Waals surface area contributed by atoms with Gasteiger partial charge in [0, 0.05) is 36.7 Å². The Morgan fingerprint density at radius 2 is 2.04 bits per heavy atom. The number of halogens is 2. The molecule has 1 aromatic carbocycles. The number of nitrogens with zero attached hydrogens (tertiary/aromatic N) is 3. The maximum atomic E-state index is 13.3. The van der Waals surface area contributed by atoms with Crippen molar-refractivity contribution in [2.45, 2.75) is 18.8 Å². The third kappa shape index (κ3) is 3.09. The van der Waals surface area contributed by atoms with E-state index in [9.17, 15) is 9.18 Å². The minimum Gasteiger partial charge on any atom is -0.356 e. The fourth-order valence-electron chi connectivity index (χ4n) is 3.27. The summed E-state index contributed by atoms with van der Waals surface area (Å²) in [5.41, 5.74) is 1.83. The van der Waals surface area contributed by atoms with E-state index in [0.717, 1.165) is 23.9 Å². The van der Waals surface area contributed by atoms with E-state index in [1.54, 1.807) is 18.2 Å². The predicted molar refractivity (Wildman–Crippen MR) is 91.1 cm³/mol. The van der Waals surface area contributed by atoms with Gasteiger partial charge in [-0.15, -0.1) is 0 Å². The van der Waals surface area contributed by atoms with Gasteiger partial charge >= 0.3 is 0 Å². The molecular weight excluding hydrogens is 345 g/mol. The normalized spacial score (nSPS) is 15.7. The molecule has 1 aliphatic rings. The van der Waals surface area contributed by atoms with Gasteiger partial charge in [0.1, 0.15) is 11.0 Å². The molecule has 3 heterocycles. The number of hydrogen-bond donors (Lipinski definition) is 0. The minimum absolute atomic E-state index is 0.0466. The lowest BCUT2D eigenvalue weighted by Gasteiger charge is -2.31. The fraction of sp³-hybridized carbons (Fsp3) is 0.278. The van der Waals surface area contributed by atoms with Crippen LogP contribution in [0.15, 0.2) is 41.1 Å². The van der Waals surface area contributed by atoms with Gasteiger partial charge in [0.25, 0.3) is 5.91 Å². The molecule has 2 aromatic heterocycles. The zero-order chi connectivity index (χ0) is 17.4. The molecule has 3 aromatic rings. The molecule has 128 valence electrons. The molecule has 1 saturated heterocycles. The maximum absolute atomic E-state index is 13.3. The van der Waals surface area contributed by atoms with Crippen LogP contribution in [0, 0.1) is 5.82 Å². The average molecular weight is 360 g/mol. The zero-order valence-electron chi connectivity index (χ0n) is 13.3. The third-order valence-corrected chi connectivity index (χ3v) is 4.83. The molecule has 1 aliphatic heterocycles. The quantitative estimate of drug-likeness (QED) is 0.648. The van der Waals surface area contributed by atoms with E-state index in [1.807, 2.05) is 4.90 Å². The van der Waals surface area contributed by atoms with Crippen molar-refractivity contribution in [3.8, 4) is 0 Å². The van der Waals surface area contributed by atoms with Crippen LogP contribution in [0.3, 0.4) is 0 Å². The van der Waals surface area contributed by atoms with Gasteiger partial charge < -0.3 is 9.42 Å². The lowest BCUT2D eigenvalue weighted by molar-refractivity contribution is 0.0711. The van der Waals surface area contributed by atoms with Crippen LogP contribution >= 0.6 is 11.6 Å². The van der Waals surface area contributed by atoms with Crippen molar-refractivity contribution in [3.63, 3.8) is 0 Å². The Bertz CT molecular complexity index is 918. The smallest absolute Gasteiger partial charge is 0.255 e. The van der Waals surface area contributed by atoms with Gasteiger partial charge in [0.05, 0.1) is 11.3 Å². The molecule has 0 N–H and O–H groups in total. The van der Waals surface area contributed by atoms with Crippen LogP contribution in [0.5, 0.6) is 0 Å². The molecule has 1 amide bonds. The first-order valence-corrected chi connectivity index (χ1v) is 8.45. The summed E-state index contributed by atoms with van der Waals surface area (Å²) in [4.78, 5) is 18.3. The highest BCUT2D eigenvalue weighted by Gasteiger charge is 2.27. The van der Waals surface area contributed by atoms with Gasteiger partial charge in [-0.1, -0.05) is 16.8 Å². The van der Waals surface area contributed by atoms with Crippen LogP contribution in [-0.4, -0.2) is 34.0 Å². The lowest BCUT2D eigenvalue weighted by atomic mass is 9.91. The summed E-state index contributed by atoms with van der Waals surface area (Å²) in [6, 6.07) is 7.76. The van der Waals surface area contributed by atoms with E-state index < -0.39 is 0 Å². The van der Waals surface area contributed by atoms with Crippen molar-refractivity contribution < 1.29 is 13.7 Å². The predicted octanol–water partition coefficient (Wildman–Crippen LogP) is 4.04. The number of carbonyl (C=O) groups excluding carboxylic acids is 1. The van der Waals surface area contributed by atoms with E-state index >= 15 is 0 Å². The van der Waals surface area contributed by atoms with Crippen LogP contribution < -0.4 is 0 Å². The molecule has 0 radical (unpaired) electrons.